The van der Waals surface area contributed by atoms with E-state index in [1.807, 2.05) is 23.1 Å². The largest absolute Gasteiger partial charge is 0.348 e. The number of aromatic amines is 1. The van der Waals surface area contributed by atoms with E-state index in [4.69, 9.17) is 4.98 Å². The first-order valence-electron chi connectivity index (χ1n) is 9.71. The lowest BCUT2D eigenvalue weighted by Gasteiger charge is -2.33. The Morgan fingerprint density at radius 2 is 2.10 bits per heavy atom. The van der Waals surface area contributed by atoms with Gasteiger partial charge >= 0.3 is 0 Å². The van der Waals surface area contributed by atoms with Gasteiger partial charge in [0.1, 0.15) is 21.1 Å². The maximum absolute atomic E-state index is 13.2. The lowest BCUT2D eigenvalue weighted by atomic mass is 10.0. The Kier molecular flexibility index (Phi) is 4.84. The predicted octanol–water partition coefficient (Wildman–Crippen LogP) is 3.54. The number of carbonyl (C=O) groups excluding carboxylic acids is 1. The molecule has 1 aromatic carbocycles. The van der Waals surface area contributed by atoms with Crippen LogP contribution in [0.1, 0.15) is 45.8 Å². The molecular weight excluding hydrogens is 404 g/mol. The Labute approximate surface area is 175 Å². The van der Waals surface area contributed by atoms with Crippen LogP contribution < -0.4 is 0 Å². The average molecular weight is 425 g/mol. The van der Waals surface area contributed by atoms with Crippen molar-refractivity contribution in [1.82, 2.24) is 30.0 Å². The highest BCUT2D eigenvalue weighted by Crippen LogP contribution is 2.37. The highest BCUT2D eigenvalue weighted by molar-refractivity contribution is 7.18. The maximum Gasteiger partial charge on any atom is 0.223 e. The zero-order chi connectivity index (χ0) is 19.8. The molecule has 0 aliphatic carbocycles. The smallest absolute Gasteiger partial charge is 0.223 e. The van der Waals surface area contributed by atoms with Gasteiger partial charge in [-0.15, -0.1) is 32.9 Å². The lowest BCUT2D eigenvalue weighted by Crippen LogP contribution is -2.40. The van der Waals surface area contributed by atoms with E-state index in [1.165, 1.54) is 0 Å². The molecule has 3 aromatic heterocycles. The van der Waals surface area contributed by atoms with Crippen molar-refractivity contribution in [2.45, 2.75) is 38.6 Å². The summed E-state index contributed by atoms with van der Waals surface area (Å²) in [6.07, 6.45) is 4.40. The molecule has 0 radical (unpaired) electrons. The zero-order valence-electron chi connectivity index (χ0n) is 16.0. The van der Waals surface area contributed by atoms with Gasteiger partial charge in [-0.05, 0) is 18.6 Å². The van der Waals surface area contributed by atoms with E-state index in [2.05, 4.69) is 33.2 Å². The number of para-hydroxylation sites is 1. The Morgan fingerprint density at radius 3 is 2.93 bits per heavy atom. The summed E-state index contributed by atoms with van der Waals surface area (Å²) in [5.74, 6) is 0.108. The van der Waals surface area contributed by atoms with E-state index in [-0.39, 0.29) is 11.9 Å². The van der Waals surface area contributed by atoms with Crippen molar-refractivity contribution >= 4 is 38.8 Å². The van der Waals surface area contributed by atoms with Crippen molar-refractivity contribution in [3.63, 3.8) is 0 Å². The van der Waals surface area contributed by atoms with E-state index in [0.717, 1.165) is 49.5 Å². The van der Waals surface area contributed by atoms with Gasteiger partial charge in [0.05, 0.1) is 22.2 Å². The van der Waals surface area contributed by atoms with Crippen molar-refractivity contribution in [2.24, 2.45) is 0 Å². The number of aryl methyl sites for hydroxylation is 2. The van der Waals surface area contributed by atoms with Crippen molar-refractivity contribution in [3.8, 4) is 0 Å². The molecule has 1 aliphatic rings. The van der Waals surface area contributed by atoms with Crippen LogP contribution in [0.3, 0.4) is 0 Å². The molecule has 0 saturated heterocycles. The molecule has 0 bridgehead atoms. The summed E-state index contributed by atoms with van der Waals surface area (Å²) in [6.45, 7) is 2.72. The normalized spacial score (nSPS) is 16.3. The fraction of sp³-hybridized carbons (Fsp3) is 0.350. The highest BCUT2D eigenvalue weighted by Gasteiger charge is 2.36. The summed E-state index contributed by atoms with van der Waals surface area (Å²) in [7, 11) is 0. The number of fused-ring (bicyclic) bond motifs is 2. The number of hydrogen-bond donors (Lipinski definition) is 1. The Balaban J connectivity index is 1.43. The van der Waals surface area contributed by atoms with Crippen LogP contribution in [0.2, 0.25) is 0 Å². The van der Waals surface area contributed by atoms with Crippen molar-refractivity contribution in [3.05, 3.63) is 57.0 Å². The third kappa shape index (κ3) is 3.44. The molecule has 9 heteroatoms. The number of rotatable bonds is 5. The molecular formula is C20H20N6OS2. The van der Waals surface area contributed by atoms with Gasteiger partial charge in [-0.25, -0.2) is 9.97 Å². The summed E-state index contributed by atoms with van der Waals surface area (Å²) in [5.41, 5.74) is 2.96. The number of nitrogens with one attached hydrogen (secondary N) is 1. The summed E-state index contributed by atoms with van der Waals surface area (Å²) < 4.78 is 1.12. The van der Waals surface area contributed by atoms with Crippen LogP contribution in [0.5, 0.6) is 0 Å². The van der Waals surface area contributed by atoms with Crippen LogP contribution in [0.4, 0.5) is 0 Å². The Morgan fingerprint density at radius 1 is 1.24 bits per heavy atom. The molecule has 4 heterocycles. The number of benzene rings is 1. The molecule has 29 heavy (non-hydrogen) atoms. The first-order valence-corrected chi connectivity index (χ1v) is 11.3. The van der Waals surface area contributed by atoms with Crippen LogP contribution in [0.15, 0.2) is 30.6 Å². The minimum Gasteiger partial charge on any atom is -0.348 e. The molecule has 0 spiro atoms. The fourth-order valence-corrected chi connectivity index (χ4v) is 5.56. The van der Waals surface area contributed by atoms with Crippen molar-refractivity contribution < 1.29 is 4.79 Å². The second-order valence-electron chi connectivity index (χ2n) is 6.97. The lowest BCUT2D eigenvalue weighted by molar-refractivity contribution is -0.133. The Bertz CT molecular complexity index is 1130. The average Bonchev–Trinajstić information content (AvgIpc) is 3.49. The second kappa shape index (κ2) is 7.64. The number of hydrogen-bond acceptors (Lipinski definition) is 7. The second-order valence-corrected chi connectivity index (χ2v) is 9.18. The van der Waals surface area contributed by atoms with Crippen molar-refractivity contribution in [1.29, 1.82) is 0 Å². The topological polar surface area (TPSA) is 87.7 Å². The number of thiazole rings is 1. The molecule has 0 unspecified atom stereocenters. The van der Waals surface area contributed by atoms with Gasteiger partial charge in [-0.2, -0.15) is 0 Å². The van der Waals surface area contributed by atoms with Gasteiger partial charge in [0.2, 0.25) is 5.91 Å². The predicted molar refractivity (Wildman–Crippen MR) is 113 cm³/mol. The maximum atomic E-state index is 13.2. The molecule has 1 aliphatic heterocycles. The highest BCUT2D eigenvalue weighted by atomic mass is 32.1. The number of imidazole rings is 1. The number of aromatic nitrogens is 5. The number of H-pyrrole nitrogens is 1. The summed E-state index contributed by atoms with van der Waals surface area (Å²) >= 11 is 3.22. The summed E-state index contributed by atoms with van der Waals surface area (Å²) in [5, 5.41) is 11.2. The molecule has 0 fully saturated rings. The van der Waals surface area contributed by atoms with Gasteiger partial charge < -0.3 is 9.88 Å². The molecule has 1 N–H and O–H groups in total. The molecule has 148 valence electrons. The molecule has 0 saturated carbocycles. The number of carbonyl (C=O) groups is 1. The minimum absolute atomic E-state index is 0.108. The Hall–Kier alpha value is -2.65. The monoisotopic (exact) mass is 424 g/mol. The van der Waals surface area contributed by atoms with Crippen LogP contribution in [-0.2, 0) is 24.1 Å². The van der Waals surface area contributed by atoms with Crippen LogP contribution >= 0.6 is 22.7 Å². The summed E-state index contributed by atoms with van der Waals surface area (Å²) in [4.78, 5) is 27.7. The molecule has 7 nitrogen and oxygen atoms in total. The van der Waals surface area contributed by atoms with Gasteiger partial charge in [0, 0.05) is 31.5 Å². The fourth-order valence-electron chi connectivity index (χ4n) is 3.69. The van der Waals surface area contributed by atoms with Crippen LogP contribution in [0.25, 0.3) is 10.2 Å². The minimum atomic E-state index is -0.240. The number of amides is 1. The van der Waals surface area contributed by atoms with Crippen molar-refractivity contribution in [2.75, 3.05) is 6.54 Å². The molecule has 5 rings (SSSR count). The van der Waals surface area contributed by atoms with Gasteiger partial charge in [0.15, 0.2) is 0 Å². The van der Waals surface area contributed by atoms with Gasteiger partial charge in [0.25, 0.3) is 0 Å². The number of nitrogens with zero attached hydrogens (tertiary/aromatic N) is 5. The van der Waals surface area contributed by atoms with E-state index >= 15 is 0 Å². The molecule has 1 amide bonds. The first kappa shape index (κ1) is 18.4. The zero-order valence-corrected chi connectivity index (χ0v) is 17.6. The van der Waals surface area contributed by atoms with E-state index in [0.29, 0.717) is 19.4 Å². The van der Waals surface area contributed by atoms with Gasteiger partial charge in [-0.3, -0.25) is 4.79 Å². The molecule has 4 aromatic rings. The van der Waals surface area contributed by atoms with Gasteiger partial charge in [-0.1, -0.05) is 19.1 Å². The quantitative estimate of drug-likeness (QED) is 0.529. The standard InChI is InChI=1S/C20H20N6OS2/c1-2-15-24-25-16(29-15)7-8-17(27)26-10-9-13-18(22-11-21-13)19(26)20-23-12-5-3-4-6-14(12)28-20/h3-6,11,19H,2,7-10H2,1H3,(H,21,22)/t19-/m0/s1. The third-order valence-electron chi connectivity index (χ3n) is 5.15. The van der Waals surface area contributed by atoms with Crippen LogP contribution in [-0.4, -0.2) is 42.5 Å². The van der Waals surface area contributed by atoms with Crippen LogP contribution in [0, 0.1) is 0 Å². The summed E-state index contributed by atoms with van der Waals surface area (Å²) in [6, 6.07) is 7.84. The van der Waals surface area contributed by atoms with E-state index < -0.39 is 0 Å². The van der Waals surface area contributed by atoms with E-state index in [1.54, 1.807) is 29.0 Å². The molecule has 1 atom stereocenters. The SMILES string of the molecule is CCc1nnc(CCC(=O)N2CCc3[nH]cnc3[C@H]2c2nc3ccccc3s2)s1. The first-order chi connectivity index (χ1) is 14.2. The van der Waals surface area contributed by atoms with E-state index in [9.17, 15) is 4.79 Å². The third-order valence-corrected chi connectivity index (χ3v) is 7.37.